The van der Waals surface area contributed by atoms with Gasteiger partial charge in [0.25, 0.3) is 11.8 Å². The van der Waals surface area contributed by atoms with E-state index in [0.29, 0.717) is 36.0 Å². The van der Waals surface area contributed by atoms with Gasteiger partial charge in [-0.15, -0.1) is 0 Å². The van der Waals surface area contributed by atoms with E-state index in [1.807, 2.05) is 19.9 Å². The van der Waals surface area contributed by atoms with Gasteiger partial charge in [-0.05, 0) is 61.5 Å². The molecular weight excluding hydrogens is 388 g/mol. The van der Waals surface area contributed by atoms with Crippen LogP contribution in [0.15, 0.2) is 54.1 Å². The maximum atomic E-state index is 13.0. The van der Waals surface area contributed by atoms with Gasteiger partial charge in [-0.2, -0.15) is 0 Å². The minimum Gasteiger partial charge on any atom is -0.490 e. The second kappa shape index (κ2) is 9.34. The molecule has 2 aromatic carbocycles. The monoisotopic (exact) mass is 410 g/mol. The Labute approximate surface area is 175 Å². The average Bonchev–Trinajstić information content (AvgIpc) is 2.71. The highest BCUT2D eigenvalue weighted by Gasteiger charge is 2.34. The number of carbonyl (C=O) groups is 2. The van der Waals surface area contributed by atoms with Gasteiger partial charge < -0.3 is 9.47 Å². The molecule has 0 spiro atoms. The van der Waals surface area contributed by atoms with Crippen molar-refractivity contribution in [1.29, 1.82) is 0 Å². The molecule has 3 rings (SSSR count). The lowest BCUT2D eigenvalue weighted by Gasteiger charge is -2.28. The Kier molecular flexibility index (Phi) is 6.61. The number of para-hydroxylation sites is 1. The van der Waals surface area contributed by atoms with Crippen molar-refractivity contribution in [3.8, 4) is 11.5 Å². The number of amides is 2. The lowest BCUT2D eigenvalue weighted by atomic mass is 10.1. The highest BCUT2D eigenvalue weighted by Crippen LogP contribution is 2.30. The van der Waals surface area contributed by atoms with Gasteiger partial charge >= 0.3 is 0 Å². The van der Waals surface area contributed by atoms with Gasteiger partial charge in [0.15, 0.2) is 16.6 Å². The normalized spacial score (nSPS) is 15.4. The van der Waals surface area contributed by atoms with E-state index in [1.165, 1.54) is 11.0 Å². The van der Waals surface area contributed by atoms with Crippen LogP contribution in [-0.4, -0.2) is 30.1 Å². The Morgan fingerprint density at radius 2 is 1.79 bits per heavy atom. The third-order valence-electron chi connectivity index (χ3n) is 4.16. The molecule has 1 N–H and O–H groups in total. The molecule has 0 atom stereocenters. The van der Waals surface area contributed by atoms with Crippen LogP contribution < -0.4 is 19.7 Å². The van der Waals surface area contributed by atoms with Crippen molar-refractivity contribution in [3.05, 3.63) is 59.7 Å². The number of anilines is 1. The molecule has 2 aromatic rings. The molecule has 1 fully saturated rings. The van der Waals surface area contributed by atoms with Gasteiger partial charge in [0.05, 0.1) is 18.9 Å². The maximum Gasteiger partial charge on any atom is 0.270 e. The summed E-state index contributed by atoms with van der Waals surface area (Å²) in [6, 6.07) is 14.3. The summed E-state index contributed by atoms with van der Waals surface area (Å²) >= 11 is 5.20. The van der Waals surface area contributed by atoms with Gasteiger partial charge in [0.2, 0.25) is 0 Å². The number of benzene rings is 2. The summed E-state index contributed by atoms with van der Waals surface area (Å²) in [5, 5.41) is 2.64. The molecule has 1 heterocycles. The third kappa shape index (κ3) is 4.63. The SMILES string of the molecule is CCCOc1ccc(/C=C2/C(=O)NC(=S)N(c3ccccc3)C2=O)cc1OCC. The fourth-order valence-corrected chi connectivity index (χ4v) is 3.13. The van der Waals surface area contributed by atoms with Gasteiger partial charge in [0.1, 0.15) is 5.57 Å². The van der Waals surface area contributed by atoms with E-state index in [9.17, 15) is 9.59 Å². The van der Waals surface area contributed by atoms with Crippen molar-refractivity contribution >= 4 is 40.9 Å². The second-order valence-corrected chi connectivity index (χ2v) is 6.67. The van der Waals surface area contributed by atoms with E-state index >= 15 is 0 Å². The molecule has 1 saturated heterocycles. The molecule has 150 valence electrons. The van der Waals surface area contributed by atoms with Crippen LogP contribution in [0.2, 0.25) is 0 Å². The van der Waals surface area contributed by atoms with E-state index in [1.54, 1.807) is 42.5 Å². The maximum absolute atomic E-state index is 13.0. The van der Waals surface area contributed by atoms with E-state index in [0.717, 1.165) is 6.42 Å². The van der Waals surface area contributed by atoms with Gasteiger partial charge in [-0.1, -0.05) is 31.2 Å². The van der Waals surface area contributed by atoms with Crippen LogP contribution >= 0.6 is 12.2 Å². The lowest BCUT2D eigenvalue weighted by molar-refractivity contribution is -0.122. The lowest BCUT2D eigenvalue weighted by Crippen LogP contribution is -2.54. The predicted octanol–water partition coefficient (Wildman–Crippen LogP) is 3.71. The third-order valence-corrected chi connectivity index (χ3v) is 4.44. The summed E-state index contributed by atoms with van der Waals surface area (Å²) in [7, 11) is 0. The topological polar surface area (TPSA) is 67.9 Å². The highest BCUT2D eigenvalue weighted by atomic mass is 32.1. The summed E-state index contributed by atoms with van der Waals surface area (Å²) in [6.45, 7) is 4.95. The van der Waals surface area contributed by atoms with Gasteiger partial charge in [-0.3, -0.25) is 19.8 Å². The first-order chi connectivity index (χ1) is 14.0. The van der Waals surface area contributed by atoms with Gasteiger partial charge in [0, 0.05) is 0 Å². The van der Waals surface area contributed by atoms with Crippen molar-refractivity contribution in [2.75, 3.05) is 18.1 Å². The van der Waals surface area contributed by atoms with Crippen molar-refractivity contribution in [1.82, 2.24) is 5.32 Å². The number of nitrogens with zero attached hydrogens (tertiary/aromatic N) is 1. The molecular formula is C22H22N2O4S. The molecule has 2 amide bonds. The zero-order valence-electron chi connectivity index (χ0n) is 16.3. The van der Waals surface area contributed by atoms with Crippen LogP contribution in [0.5, 0.6) is 11.5 Å². The summed E-state index contributed by atoms with van der Waals surface area (Å²) in [5.41, 5.74) is 1.23. The predicted molar refractivity (Wildman–Crippen MR) is 116 cm³/mol. The van der Waals surface area contributed by atoms with Crippen LogP contribution in [-0.2, 0) is 9.59 Å². The smallest absolute Gasteiger partial charge is 0.270 e. The van der Waals surface area contributed by atoms with Crippen molar-refractivity contribution in [2.24, 2.45) is 0 Å². The first-order valence-corrected chi connectivity index (χ1v) is 9.82. The quantitative estimate of drug-likeness (QED) is 0.428. The van der Waals surface area contributed by atoms with Gasteiger partial charge in [-0.25, -0.2) is 0 Å². The fourth-order valence-electron chi connectivity index (χ4n) is 2.85. The van der Waals surface area contributed by atoms with E-state index in [2.05, 4.69) is 5.32 Å². The molecule has 0 unspecified atom stereocenters. The number of rotatable bonds is 7. The first-order valence-electron chi connectivity index (χ1n) is 9.41. The molecule has 0 saturated carbocycles. The van der Waals surface area contributed by atoms with Crippen molar-refractivity contribution in [3.63, 3.8) is 0 Å². The minimum absolute atomic E-state index is 0.00729. The Morgan fingerprint density at radius 3 is 2.48 bits per heavy atom. The molecule has 1 aliphatic rings. The van der Waals surface area contributed by atoms with Crippen molar-refractivity contribution in [2.45, 2.75) is 20.3 Å². The number of carbonyl (C=O) groups excluding carboxylic acids is 2. The summed E-state index contributed by atoms with van der Waals surface area (Å²) in [6.07, 6.45) is 2.41. The van der Waals surface area contributed by atoms with Crippen LogP contribution in [0.4, 0.5) is 5.69 Å². The Bertz CT molecular complexity index is 957. The molecule has 6 nitrogen and oxygen atoms in total. The molecule has 0 aliphatic carbocycles. The number of thiocarbonyl (C=S) groups is 1. The number of nitrogens with one attached hydrogen (secondary N) is 1. The second-order valence-electron chi connectivity index (χ2n) is 6.28. The largest absolute Gasteiger partial charge is 0.490 e. The first kappa shape index (κ1) is 20.5. The Morgan fingerprint density at radius 1 is 1.03 bits per heavy atom. The zero-order valence-corrected chi connectivity index (χ0v) is 17.1. The highest BCUT2D eigenvalue weighted by molar-refractivity contribution is 7.80. The molecule has 0 radical (unpaired) electrons. The Balaban J connectivity index is 1.95. The standard InChI is InChI=1S/C22H22N2O4S/c1-3-12-28-18-11-10-15(14-19(18)27-4-2)13-17-20(25)23-22(29)24(21(17)26)16-8-6-5-7-9-16/h5-11,13-14H,3-4,12H2,1-2H3,(H,23,25,29)/b17-13-. The molecule has 0 bridgehead atoms. The van der Waals surface area contributed by atoms with Crippen LogP contribution in [0, 0.1) is 0 Å². The molecule has 7 heteroatoms. The molecule has 1 aliphatic heterocycles. The van der Waals surface area contributed by atoms with E-state index in [4.69, 9.17) is 21.7 Å². The van der Waals surface area contributed by atoms with Crippen LogP contribution in [0.25, 0.3) is 6.08 Å². The van der Waals surface area contributed by atoms with Crippen LogP contribution in [0.1, 0.15) is 25.8 Å². The fraction of sp³-hybridized carbons (Fsp3) is 0.227. The molecule has 29 heavy (non-hydrogen) atoms. The Hall–Kier alpha value is -3.19. The number of hydrogen-bond acceptors (Lipinski definition) is 5. The van der Waals surface area contributed by atoms with Crippen LogP contribution in [0.3, 0.4) is 0 Å². The average molecular weight is 410 g/mol. The van der Waals surface area contributed by atoms with E-state index < -0.39 is 11.8 Å². The zero-order chi connectivity index (χ0) is 20.8. The van der Waals surface area contributed by atoms with E-state index in [-0.39, 0.29) is 10.7 Å². The summed E-state index contributed by atoms with van der Waals surface area (Å²) in [4.78, 5) is 26.8. The minimum atomic E-state index is -0.531. The summed E-state index contributed by atoms with van der Waals surface area (Å²) in [5.74, 6) is 0.183. The number of ether oxygens (including phenoxy) is 2. The molecule has 0 aromatic heterocycles. The summed E-state index contributed by atoms with van der Waals surface area (Å²) < 4.78 is 11.4. The number of hydrogen-bond donors (Lipinski definition) is 1. The van der Waals surface area contributed by atoms with Crippen molar-refractivity contribution < 1.29 is 19.1 Å².